The largest absolute Gasteiger partial charge is 0.353 e. The summed E-state index contributed by atoms with van der Waals surface area (Å²) in [6.45, 7) is 4.66. The average molecular weight is 305 g/mol. The van der Waals surface area contributed by atoms with Crippen molar-refractivity contribution >= 4 is 17.3 Å². The molecule has 3 heterocycles. The van der Waals surface area contributed by atoms with Crippen LogP contribution in [0.2, 0.25) is 0 Å². The molecule has 1 unspecified atom stereocenters. The van der Waals surface area contributed by atoms with E-state index in [0.29, 0.717) is 17.7 Å². The van der Waals surface area contributed by atoms with Gasteiger partial charge in [-0.2, -0.15) is 0 Å². The van der Waals surface area contributed by atoms with Crippen LogP contribution in [0.25, 0.3) is 0 Å². The van der Waals surface area contributed by atoms with E-state index in [1.165, 1.54) is 12.7 Å². The topological polar surface area (TPSA) is 75.4 Å². The fourth-order valence-corrected chi connectivity index (χ4v) is 3.60. The number of hydrogen-bond donors (Lipinski definition) is 0. The smallest absolute Gasteiger partial charge is 0.351 e. The highest BCUT2D eigenvalue weighted by Crippen LogP contribution is 2.38. The minimum absolute atomic E-state index is 0.0877. The summed E-state index contributed by atoms with van der Waals surface area (Å²) in [5.74, 6) is 1.00. The average Bonchev–Trinajstić information content (AvgIpc) is 3.08. The van der Waals surface area contributed by atoms with E-state index >= 15 is 0 Å². The van der Waals surface area contributed by atoms with Crippen molar-refractivity contribution in [2.75, 3.05) is 29.4 Å². The second-order valence-corrected chi connectivity index (χ2v) is 6.07. The van der Waals surface area contributed by atoms with Crippen molar-refractivity contribution in [1.82, 2.24) is 9.97 Å². The molecule has 2 aliphatic rings. The molecule has 1 atom stereocenters. The van der Waals surface area contributed by atoms with Crippen LogP contribution in [-0.2, 0) is 0 Å². The molecule has 7 heteroatoms. The Bertz CT molecular complexity index is 545. The summed E-state index contributed by atoms with van der Waals surface area (Å²) >= 11 is 0. The van der Waals surface area contributed by atoms with Crippen molar-refractivity contribution in [3.05, 3.63) is 16.4 Å². The quantitative estimate of drug-likeness (QED) is 0.629. The molecule has 2 fully saturated rings. The Labute approximate surface area is 130 Å². The van der Waals surface area contributed by atoms with Crippen LogP contribution < -0.4 is 9.80 Å². The van der Waals surface area contributed by atoms with E-state index in [4.69, 9.17) is 0 Å². The molecule has 0 aromatic carbocycles. The minimum Gasteiger partial charge on any atom is -0.351 e. The number of hydrogen-bond acceptors (Lipinski definition) is 6. The first-order chi connectivity index (χ1) is 10.7. The summed E-state index contributed by atoms with van der Waals surface area (Å²) in [4.78, 5) is 24.1. The molecule has 0 amide bonds. The molecule has 0 radical (unpaired) electrons. The van der Waals surface area contributed by atoms with Crippen molar-refractivity contribution in [3.8, 4) is 0 Å². The number of rotatable bonds is 4. The monoisotopic (exact) mass is 305 g/mol. The maximum atomic E-state index is 11.7. The molecule has 7 nitrogen and oxygen atoms in total. The van der Waals surface area contributed by atoms with E-state index < -0.39 is 0 Å². The molecule has 22 heavy (non-hydrogen) atoms. The van der Waals surface area contributed by atoms with Gasteiger partial charge < -0.3 is 9.80 Å². The molecule has 0 N–H and O–H groups in total. The third-order valence-corrected chi connectivity index (χ3v) is 4.74. The number of nitrogens with zero attached hydrogens (tertiary/aromatic N) is 5. The van der Waals surface area contributed by atoms with Crippen molar-refractivity contribution in [1.29, 1.82) is 0 Å². The highest BCUT2D eigenvalue weighted by Gasteiger charge is 2.34. The van der Waals surface area contributed by atoms with Gasteiger partial charge in [0.1, 0.15) is 6.33 Å². The summed E-state index contributed by atoms with van der Waals surface area (Å²) in [5.41, 5.74) is 0.0877. The minimum atomic E-state index is -0.301. The van der Waals surface area contributed by atoms with Crippen molar-refractivity contribution < 1.29 is 4.92 Å². The SMILES string of the molecule is CCC1CCCCN1c1ncnc(N2CCCC2)c1[N+](=O)[O-]. The van der Waals surface area contributed by atoms with E-state index in [1.807, 2.05) is 4.90 Å². The maximum absolute atomic E-state index is 11.7. The molecule has 3 rings (SSSR count). The molecule has 0 bridgehead atoms. The van der Waals surface area contributed by atoms with Crippen LogP contribution >= 0.6 is 0 Å². The van der Waals surface area contributed by atoms with Crippen LogP contribution in [0.15, 0.2) is 6.33 Å². The van der Waals surface area contributed by atoms with Gasteiger partial charge in [0.2, 0.25) is 11.6 Å². The second kappa shape index (κ2) is 6.46. The van der Waals surface area contributed by atoms with Gasteiger partial charge in [-0.3, -0.25) is 10.1 Å². The van der Waals surface area contributed by atoms with Crippen LogP contribution in [0.3, 0.4) is 0 Å². The number of aromatic nitrogens is 2. The lowest BCUT2D eigenvalue weighted by molar-refractivity contribution is -0.383. The molecule has 0 aliphatic carbocycles. The van der Waals surface area contributed by atoms with Gasteiger partial charge in [0.15, 0.2) is 0 Å². The van der Waals surface area contributed by atoms with E-state index in [1.54, 1.807) is 0 Å². The number of piperidine rings is 1. The second-order valence-electron chi connectivity index (χ2n) is 6.07. The Morgan fingerprint density at radius 1 is 1.18 bits per heavy atom. The molecule has 120 valence electrons. The van der Waals surface area contributed by atoms with Gasteiger partial charge >= 0.3 is 5.69 Å². The highest BCUT2D eigenvalue weighted by atomic mass is 16.6. The number of anilines is 2. The lowest BCUT2D eigenvalue weighted by Gasteiger charge is -2.36. The first-order valence-electron chi connectivity index (χ1n) is 8.23. The third kappa shape index (κ3) is 2.71. The van der Waals surface area contributed by atoms with Gasteiger partial charge in [-0.05, 0) is 38.5 Å². The summed E-state index contributed by atoms with van der Waals surface area (Å²) < 4.78 is 0. The van der Waals surface area contributed by atoms with Gasteiger partial charge in [0.05, 0.1) is 4.92 Å². The zero-order valence-corrected chi connectivity index (χ0v) is 13.1. The first kappa shape index (κ1) is 15.0. The third-order valence-electron chi connectivity index (χ3n) is 4.74. The zero-order chi connectivity index (χ0) is 15.5. The van der Waals surface area contributed by atoms with Gasteiger partial charge in [0, 0.05) is 25.7 Å². The van der Waals surface area contributed by atoms with Crippen LogP contribution in [-0.4, -0.2) is 40.6 Å². The predicted molar refractivity (Wildman–Crippen MR) is 85.4 cm³/mol. The Hall–Kier alpha value is -1.92. The fourth-order valence-electron chi connectivity index (χ4n) is 3.60. The van der Waals surface area contributed by atoms with Gasteiger partial charge in [-0.25, -0.2) is 9.97 Å². The standard InChI is InChI=1S/C15H23N5O2/c1-2-12-7-3-4-10-19(12)15-13(20(21)22)14(16-11-17-15)18-8-5-6-9-18/h11-12H,2-10H2,1H3. The molecular weight excluding hydrogens is 282 g/mol. The molecular formula is C15H23N5O2. The summed E-state index contributed by atoms with van der Waals surface area (Å²) in [5, 5.41) is 11.7. The summed E-state index contributed by atoms with van der Waals surface area (Å²) in [6.07, 6.45) is 7.94. The van der Waals surface area contributed by atoms with Crippen LogP contribution in [0, 0.1) is 10.1 Å². The Balaban J connectivity index is 2.02. The van der Waals surface area contributed by atoms with Crippen LogP contribution in [0.1, 0.15) is 45.4 Å². The van der Waals surface area contributed by atoms with E-state index in [9.17, 15) is 10.1 Å². The van der Waals surface area contributed by atoms with Gasteiger partial charge in [-0.15, -0.1) is 0 Å². The molecule has 1 aromatic rings. The predicted octanol–water partition coefficient (Wildman–Crippen LogP) is 2.75. The Kier molecular flexibility index (Phi) is 4.40. The molecule has 0 spiro atoms. The van der Waals surface area contributed by atoms with Crippen LogP contribution in [0.4, 0.5) is 17.3 Å². The van der Waals surface area contributed by atoms with Gasteiger partial charge in [-0.1, -0.05) is 6.92 Å². The van der Waals surface area contributed by atoms with Gasteiger partial charge in [0.25, 0.3) is 0 Å². The highest BCUT2D eigenvalue weighted by molar-refractivity contribution is 5.71. The van der Waals surface area contributed by atoms with Crippen LogP contribution in [0.5, 0.6) is 0 Å². The normalized spacial score (nSPS) is 22.1. The van der Waals surface area contributed by atoms with Crippen molar-refractivity contribution in [2.24, 2.45) is 0 Å². The van der Waals surface area contributed by atoms with Crippen molar-refractivity contribution in [3.63, 3.8) is 0 Å². The molecule has 2 aliphatic heterocycles. The fraction of sp³-hybridized carbons (Fsp3) is 0.733. The molecule has 2 saturated heterocycles. The molecule has 1 aromatic heterocycles. The van der Waals surface area contributed by atoms with E-state index in [2.05, 4.69) is 21.8 Å². The summed E-state index contributed by atoms with van der Waals surface area (Å²) in [7, 11) is 0. The Morgan fingerprint density at radius 2 is 1.86 bits per heavy atom. The Morgan fingerprint density at radius 3 is 2.55 bits per heavy atom. The maximum Gasteiger partial charge on any atom is 0.353 e. The number of nitro groups is 1. The lowest BCUT2D eigenvalue weighted by Crippen LogP contribution is -2.40. The van der Waals surface area contributed by atoms with E-state index in [-0.39, 0.29) is 10.6 Å². The first-order valence-corrected chi connectivity index (χ1v) is 8.23. The molecule has 0 saturated carbocycles. The zero-order valence-electron chi connectivity index (χ0n) is 13.1. The van der Waals surface area contributed by atoms with Crippen molar-refractivity contribution in [2.45, 2.75) is 51.5 Å². The summed E-state index contributed by atoms with van der Waals surface area (Å²) in [6, 6.07) is 0.341. The lowest BCUT2D eigenvalue weighted by atomic mass is 10.00. The van der Waals surface area contributed by atoms with E-state index in [0.717, 1.165) is 51.7 Å².